The van der Waals surface area contributed by atoms with Crippen LogP contribution in [0.5, 0.6) is 0 Å². The zero-order valence-corrected chi connectivity index (χ0v) is 11.8. The minimum absolute atomic E-state index is 0.0556. The minimum atomic E-state index is -0.965. The van der Waals surface area contributed by atoms with Gasteiger partial charge in [-0.1, -0.05) is 26.2 Å². The topological polar surface area (TPSA) is 108 Å². The summed E-state index contributed by atoms with van der Waals surface area (Å²) in [6.07, 6.45) is 5.42. The molecule has 3 amide bonds. The lowest BCUT2D eigenvalue weighted by Gasteiger charge is -2.22. The van der Waals surface area contributed by atoms with Gasteiger partial charge in [-0.2, -0.15) is 0 Å². The summed E-state index contributed by atoms with van der Waals surface area (Å²) in [5.41, 5.74) is 0. The van der Waals surface area contributed by atoms with Gasteiger partial charge in [0.15, 0.2) is 0 Å². The molecular formula is C13H23N3O4. The summed E-state index contributed by atoms with van der Waals surface area (Å²) < 4.78 is 0. The van der Waals surface area contributed by atoms with Gasteiger partial charge < -0.3 is 21.1 Å². The van der Waals surface area contributed by atoms with Crippen LogP contribution in [0, 0.1) is 5.92 Å². The van der Waals surface area contributed by atoms with Crippen LogP contribution < -0.4 is 16.0 Å². The quantitative estimate of drug-likeness (QED) is 0.568. The molecule has 0 aromatic heterocycles. The van der Waals surface area contributed by atoms with Gasteiger partial charge in [0.25, 0.3) is 0 Å². The summed E-state index contributed by atoms with van der Waals surface area (Å²) >= 11 is 0. The highest BCUT2D eigenvalue weighted by atomic mass is 16.4. The highest BCUT2D eigenvalue weighted by Crippen LogP contribution is 2.16. The van der Waals surface area contributed by atoms with Crippen LogP contribution in [0.4, 0.5) is 4.79 Å². The smallest absolute Gasteiger partial charge is 0.315 e. The van der Waals surface area contributed by atoms with Crippen molar-refractivity contribution in [3.05, 3.63) is 0 Å². The van der Waals surface area contributed by atoms with E-state index in [1.807, 2.05) is 0 Å². The van der Waals surface area contributed by atoms with Crippen molar-refractivity contribution in [2.45, 2.75) is 45.1 Å². The number of hydrogen-bond acceptors (Lipinski definition) is 3. The second kappa shape index (κ2) is 8.39. The lowest BCUT2D eigenvalue weighted by Crippen LogP contribution is -2.46. The first kappa shape index (κ1) is 16.3. The van der Waals surface area contributed by atoms with E-state index in [1.165, 1.54) is 13.3 Å². The van der Waals surface area contributed by atoms with Gasteiger partial charge in [0.05, 0.1) is 12.5 Å². The Morgan fingerprint density at radius 1 is 1.15 bits per heavy atom. The van der Waals surface area contributed by atoms with E-state index in [2.05, 4.69) is 16.0 Å². The average Bonchev–Trinajstić information content (AvgIpc) is 2.43. The molecule has 0 radical (unpaired) electrons. The number of aliphatic carboxylic acids is 1. The summed E-state index contributed by atoms with van der Waals surface area (Å²) in [7, 11) is 0. The maximum atomic E-state index is 11.6. The van der Waals surface area contributed by atoms with Gasteiger partial charge in [0.2, 0.25) is 5.91 Å². The van der Waals surface area contributed by atoms with Crippen LogP contribution in [-0.2, 0) is 9.59 Å². The van der Waals surface area contributed by atoms with Gasteiger partial charge in [0.1, 0.15) is 0 Å². The van der Waals surface area contributed by atoms with Gasteiger partial charge in [-0.15, -0.1) is 0 Å². The summed E-state index contributed by atoms with van der Waals surface area (Å²) in [6.45, 7) is 1.41. The maximum absolute atomic E-state index is 11.6. The highest BCUT2D eigenvalue weighted by Gasteiger charge is 2.16. The fourth-order valence-corrected chi connectivity index (χ4v) is 2.06. The number of carboxylic acids is 1. The molecule has 1 aliphatic carbocycles. The Bertz CT molecular complexity index is 354. The number of rotatable bonds is 6. The van der Waals surface area contributed by atoms with E-state index < -0.39 is 17.8 Å². The Balaban J connectivity index is 2.13. The number of carboxylic acid groups (broad SMARTS) is 1. The predicted molar refractivity (Wildman–Crippen MR) is 73.2 cm³/mol. The fourth-order valence-electron chi connectivity index (χ4n) is 2.06. The molecule has 1 aliphatic rings. The molecule has 1 unspecified atom stereocenters. The molecule has 7 nitrogen and oxygen atoms in total. The summed E-state index contributed by atoms with van der Waals surface area (Å²) in [6, 6.07) is -0.155. The van der Waals surface area contributed by atoms with Crippen molar-refractivity contribution in [3.8, 4) is 0 Å². The first-order valence-electron chi connectivity index (χ1n) is 7.03. The third-order valence-corrected chi connectivity index (χ3v) is 3.38. The van der Waals surface area contributed by atoms with Crippen LogP contribution in [0.15, 0.2) is 0 Å². The zero-order valence-electron chi connectivity index (χ0n) is 11.8. The van der Waals surface area contributed by atoms with E-state index in [4.69, 9.17) is 5.11 Å². The lowest BCUT2D eigenvalue weighted by atomic mass is 9.96. The molecule has 20 heavy (non-hydrogen) atoms. The Labute approximate surface area is 118 Å². The Morgan fingerprint density at radius 2 is 1.80 bits per heavy atom. The van der Waals surface area contributed by atoms with Crippen molar-refractivity contribution in [1.29, 1.82) is 0 Å². The first-order valence-corrected chi connectivity index (χ1v) is 7.03. The van der Waals surface area contributed by atoms with E-state index in [9.17, 15) is 14.4 Å². The highest BCUT2D eigenvalue weighted by molar-refractivity contribution is 5.84. The SMILES string of the molecule is CC(CNC(=O)CNC(=O)NC1CCCCC1)C(=O)O. The van der Waals surface area contributed by atoms with Crippen molar-refractivity contribution >= 4 is 17.9 Å². The van der Waals surface area contributed by atoms with E-state index in [1.54, 1.807) is 0 Å². The molecule has 0 bridgehead atoms. The fraction of sp³-hybridized carbons (Fsp3) is 0.769. The minimum Gasteiger partial charge on any atom is -0.481 e. The largest absolute Gasteiger partial charge is 0.481 e. The third-order valence-electron chi connectivity index (χ3n) is 3.38. The number of carbonyl (C=O) groups is 3. The molecule has 0 aromatic carbocycles. The Kier molecular flexibility index (Phi) is 6.83. The van der Waals surface area contributed by atoms with Gasteiger partial charge >= 0.3 is 12.0 Å². The molecule has 4 N–H and O–H groups in total. The zero-order chi connectivity index (χ0) is 15.0. The molecule has 1 fully saturated rings. The van der Waals surface area contributed by atoms with E-state index >= 15 is 0 Å². The molecule has 0 aliphatic heterocycles. The Hall–Kier alpha value is -1.79. The standard InChI is InChI=1S/C13H23N3O4/c1-9(12(18)19)7-14-11(17)8-15-13(20)16-10-5-3-2-4-6-10/h9-10H,2-8H2,1H3,(H,14,17)(H,18,19)(H2,15,16,20). The van der Waals surface area contributed by atoms with E-state index in [0.29, 0.717) is 0 Å². The Morgan fingerprint density at radius 3 is 2.40 bits per heavy atom. The van der Waals surface area contributed by atoms with Crippen molar-refractivity contribution < 1.29 is 19.5 Å². The number of amides is 3. The summed E-state index contributed by atoms with van der Waals surface area (Å²) in [4.78, 5) is 33.6. The molecule has 0 aromatic rings. The molecule has 0 heterocycles. The second-order valence-corrected chi connectivity index (χ2v) is 5.21. The van der Waals surface area contributed by atoms with Crippen molar-refractivity contribution in [2.24, 2.45) is 5.92 Å². The van der Waals surface area contributed by atoms with Crippen LogP contribution in [0.1, 0.15) is 39.0 Å². The van der Waals surface area contributed by atoms with Gasteiger partial charge in [0, 0.05) is 12.6 Å². The third kappa shape index (κ3) is 6.40. The van der Waals surface area contributed by atoms with Crippen LogP contribution in [0.25, 0.3) is 0 Å². The molecule has 1 rings (SSSR count). The molecule has 0 saturated heterocycles. The van der Waals surface area contributed by atoms with Crippen molar-refractivity contribution in [3.63, 3.8) is 0 Å². The van der Waals surface area contributed by atoms with Crippen molar-refractivity contribution in [2.75, 3.05) is 13.1 Å². The molecule has 0 spiro atoms. The van der Waals surface area contributed by atoms with Crippen LogP contribution in [0.2, 0.25) is 0 Å². The van der Waals surface area contributed by atoms with E-state index in [0.717, 1.165) is 25.7 Å². The van der Waals surface area contributed by atoms with Gasteiger partial charge in [-0.25, -0.2) is 4.79 Å². The monoisotopic (exact) mass is 285 g/mol. The van der Waals surface area contributed by atoms with Gasteiger partial charge in [-0.3, -0.25) is 9.59 Å². The van der Waals surface area contributed by atoms with Crippen LogP contribution in [0.3, 0.4) is 0 Å². The lowest BCUT2D eigenvalue weighted by molar-refractivity contribution is -0.141. The summed E-state index contributed by atoms with van der Waals surface area (Å²) in [5.74, 6) is -2.00. The van der Waals surface area contributed by atoms with Gasteiger partial charge in [-0.05, 0) is 12.8 Å². The molecule has 7 heteroatoms. The number of hydrogen-bond donors (Lipinski definition) is 4. The van der Waals surface area contributed by atoms with Crippen molar-refractivity contribution in [1.82, 2.24) is 16.0 Å². The average molecular weight is 285 g/mol. The first-order chi connectivity index (χ1) is 9.49. The molecule has 114 valence electrons. The van der Waals surface area contributed by atoms with Crippen LogP contribution >= 0.6 is 0 Å². The number of carbonyl (C=O) groups excluding carboxylic acids is 2. The maximum Gasteiger partial charge on any atom is 0.315 e. The normalized spacial score (nSPS) is 17.1. The second-order valence-electron chi connectivity index (χ2n) is 5.21. The predicted octanol–water partition coefficient (Wildman–Crippen LogP) is 0.455. The van der Waals surface area contributed by atoms with Crippen LogP contribution in [-0.4, -0.2) is 42.1 Å². The number of urea groups is 1. The molecule has 1 saturated carbocycles. The molecular weight excluding hydrogens is 262 g/mol. The molecule has 1 atom stereocenters. The number of nitrogens with one attached hydrogen (secondary N) is 3. The van der Waals surface area contributed by atoms with E-state index in [-0.39, 0.29) is 25.2 Å². The summed E-state index contributed by atoms with van der Waals surface area (Å²) in [5, 5.41) is 16.4.